The van der Waals surface area contributed by atoms with Crippen LogP contribution in [-0.2, 0) is 4.79 Å². The molecule has 0 radical (unpaired) electrons. The Morgan fingerprint density at radius 1 is 1.00 bits per heavy atom. The van der Waals surface area contributed by atoms with Gasteiger partial charge in [-0.1, -0.05) is 30.3 Å². The summed E-state index contributed by atoms with van der Waals surface area (Å²) in [6.45, 7) is -0.234. The molecule has 2 aromatic rings. The van der Waals surface area contributed by atoms with Gasteiger partial charge in [-0.3, -0.25) is 10.2 Å². The number of carbonyl (C=O) groups is 2. The average molecular weight is 395 g/mol. The zero-order valence-corrected chi connectivity index (χ0v) is 14.5. The van der Waals surface area contributed by atoms with E-state index in [9.17, 15) is 22.8 Å². The van der Waals surface area contributed by atoms with E-state index in [-0.39, 0.29) is 31.9 Å². The lowest BCUT2D eigenvalue weighted by Gasteiger charge is -2.34. The van der Waals surface area contributed by atoms with Crippen LogP contribution in [0.5, 0.6) is 5.75 Å². The highest BCUT2D eigenvalue weighted by molar-refractivity contribution is 5.82. The predicted molar refractivity (Wildman–Crippen MR) is 90.8 cm³/mol. The first-order chi connectivity index (χ1) is 13.3. The van der Waals surface area contributed by atoms with Gasteiger partial charge in [0, 0.05) is 31.7 Å². The minimum Gasteiger partial charge on any atom is -0.406 e. The van der Waals surface area contributed by atoms with Gasteiger partial charge in [0.1, 0.15) is 0 Å². The zero-order valence-electron chi connectivity index (χ0n) is 14.5. The molecule has 2 amide bonds. The molecule has 0 atom stereocenters. The van der Waals surface area contributed by atoms with Crippen LogP contribution in [0.4, 0.5) is 18.0 Å². The quantitative estimate of drug-likeness (QED) is 0.854. The van der Waals surface area contributed by atoms with E-state index in [0.29, 0.717) is 10.7 Å². The fraction of sp³-hybridized carbons (Fsp3) is 0.294. The lowest BCUT2D eigenvalue weighted by atomic mass is 10.2. The first-order valence-electron chi connectivity index (χ1n) is 8.30. The zero-order chi connectivity index (χ0) is 20.1. The van der Waals surface area contributed by atoms with Crippen LogP contribution >= 0.6 is 0 Å². The molecule has 0 bridgehead atoms. The van der Waals surface area contributed by atoms with Crippen molar-refractivity contribution in [2.45, 2.75) is 6.18 Å². The molecule has 1 aromatic heterocycles. The monoisotopic (exact) mass is 395 g/mol. The summed E-state index contributed by atoms with van der Waals surface area (Å²) in [5, 5.41) is 1.38. The Kier molecular flexibility index (Phi) is 5.73. The van der Waals surface area contributed by atoms with Crippen LogP contribution in [0.1, 0.15) is 0 Å². The summed E-state index contributed by atoms with van der Waals surface area (Å²) >= 11 is 0. The van der Waals surface area contributed by atoms with Gasteiger partial charge in [0.05, 0.1) is 12.4 Å². The molecule has 1 aromatic carbocycles. The molecule has 3 rings (SSSR count). The first kappa shape index (κ1) is 19.5. The maximum Gasteiger partial charge on any atom is 0.471 e. The molecule has 1 fully saturated rings. The van der Waals surface area contributed by atoms with Crippen molar-refractivity contribution in [2.75, 3.05) is 26.2 Å². The fourth-order valence-electron chi connectivity index (χ4n) is 2.56. The third kappa shape index (κ3) is 4.94. The van der Waals surface area contributed by atoms with Gasteiger partial charge >= 0.3 is 18.2 Å². The highest BCUT2D eigenvalue weighted by Crippen LogP contribution is 2.19. The highest BCUT2D eigenvalue weighted by atomic mass is 19.4. The van der Waals surface area contributed by atoms with Crippen LogP contribution in [0, 0.1) is 0 Å². The number of hydrazine groups is 1. The molecule has 11 heteroatoms. The number of rotatable bonds is 3. The van der Waals surface area contributed by atoms with Gasteiger partial charge in [-0.25, -0.2) is 19.8 Å². The molecule has 0 unspecified atom stereocenters. The number of aromatic nitrogens is 2. The van der Waals surface area contributed by atoms with Gasteiger partial charge in [-0.05, 0) is 0 Å². The molecule has 1 aliphatic heterocycles. The topological polar surface area (TPSA) is 87.7 Å². The van der Waals surface area contributed by atoms with Crippen molar-refractivity contribution in [1.82, 2.24) is 25.3 Å². The summed E-state index contributed by atoms with van der Waals surface area (Å²) in [7, 11) is 0. The number of hydrogen-bond donors (Lipinski definition) is 1. The molecule has 0 aliphatic carbocycles. The van der Waals surface area contributed by atoms with E-state index >= 15 is 0 Å². The largest absolute Gasteiger partial charge is 0.471 e. The van der Waals surface area contributed by atoms with E-state index in [0.717, 1.165) is 5.56 Å². The van der Waals surface area contributed by atoms with E-state index < -0.39 is 18.2 Å². The summed E-state index contributed by atoms with van der Waals surface area (Å²) in [5.41, 5.74) is 3.22. The Bertz CT molecular complexity index is 822. The molecule has 1 saturated heterocycles. The van der Waals surface area contributed by atoms with Crippen LogP contribution in [0.25, 0.3) is 11.4 Å². The number of nitrogens with zero attached hydrogens (tertiary/aromatic N) is 4. The molecule has 0 saturated carbocycles. The number of piperazine rings is 1. The van der Waals surface area contributed by atoms with Crippen molar-refractivity contribution in [3.8, 4) is 17.1 Å². The van der Waals surface area contributed by atoms with Gasteiger partial charge in [0.2, 0.25) is 0 Å². The Hall–Kier alpha value is -3.21. The SMILES string of the molecule is O=C(NN1CCN(C(=O)C(F)(F)F)CC1)Oc1cnc(-c2ccccc2)nc1. The minimum absolute atomic E-state index is 0.0420. The molecule has 148 valence electrons. The summed E-state index contributed by atoms with van der Waals surface area (Å²) in [5.74, 6) is -1.30. The van der Waals surface area contributed by atoms with Gasteiger partial charge in [0.25, 0.3) is 0 Å². The standard InChI is InChI=1S/C17H16F3N5O3/c18-17(19,20)15(26)24-6-8-25(9-7-24)23-16(27)28-13-10-21-14(22-11-13)12-4-2-1-3-5-12/h1-5,10-11H,6-9H2,(H,23,27). The van der Waals surface area contributed by atoms with Gasteiger partial charge in [0.15, 0.2) is 11.6 Å². The number of benzene rings is 1. The molecule has 2 heterocycles. The summed E-state index contributed by atoms with van der Waals surface area (Å²) in [6.07, 6.45) is -3.05. The van der Waals surface area contributed by atoms with E-state index in [4.69, 9.17) is 4.74 Å². The maximum atomic E-state index is 12.4. The second kappa shape index (κ2) is 8.21. The van der Waals surface area contributed by atoms with Crippen LogP contribution in [0.2, 0.25) is 0 Å². The molecule has 28 heavy (non-hydrogen) atoms. The Labute approximate surface area is 157 Å². The van der Waals surface area contributed by atoms with Gasteiger partial charge in [-0.2, -0.15) is 13.2 Å². The van der Waals surface area contributed by atoms with Crippen LogP contribution in [0.3, 0.4) is 0 Å². The first-order valence-corrected chi connectivity index (χ1v) is 8.30. The Morgan fingerprint density at radius 3 is 2.18 bits per heavy atom. The highest BCUT2D eigenvalue weighted by Gasteiger charge is 2.43. The third-order valence-corrected chi connectivity index (χ3v) is 3.93. The average Bonchev–Trinajstić information content (AvgIpc) is 2.68. The Balaban J connectivity index is 1.48. The Morgan fingerprint density at radius 2 is 1.61 bits per heavy atom. The smallest absolute Gasteiger partial charge is 0.406 e. The third-order valence-electron chi connectivity index (χ3n) is 3.93. The van der Waals surface area contributed by atoms with Crippen LogP contribution in [-0.4, -0.2) is 64.2 Å². The molecule has 1 N–H and O–H groups in total. The molecular weight excluding hydrogens is 379 g/mol. The predicted octanol–water partition coefficient (Wildman–Crippen LogP) is 1.85. The number of alkyl halides is 3. The molecule has 8 nitrogen and oxygen atoms in total. The summed E-state index contributed by atoms with van der Waals surface area (Å²) < 4.78 is 42.3. The molecule has 1 aliphatic rings. The normalized spacial score (nSPS) is 15.2. The number of carbonyl (C=O) groups excluding carboxylic acids is 2. The minimum atomic E-state index is -4.90. The van der Waals surface area contributed by atoms with E-state index in [1.165, 1.54) is 17.4 Å². The van der Waals surface area contributed by atoms with E-state index in [2.05, 4.69) is 15.4 Å². The van der Waals surface area contributed by atoms with Crippen molar-refractivity contribution < 1.29 is 27.5 Å². The summed E-state index contributed by atoms with van der Waals surface area (Å²) in [6, 6.07) is 9.23. The number of halogens is 3. The lowest BCUT2D eigenvalue weighted by Crippen LogP contribution is -2.57. The number of ether oxygens (including phenoxy) is 1. The maximum absolute atomic E-state index is 12.4. The van der Waals surface area contributed by atoms with Crippen molar-refractivity contribution in [2.24, 2.45) is 0 Å². The van der Waals surface area contributed by atoms with Crippen molar-refractivity contribution in [3.05, 3.63) is 42.7 Å². The van der Waals surface area contributed by atoms with E-state index in [1.807, 2.05) is 30.3 Å². The number of hydrogen-bond acceptors (Lipinski definition) is 6. The molecular formula is C17H16F3N5O3. The second-order valence-electron chi connectivity index (χ2n) is 5.89. The molecule has 0 spiro atoms. The second-order valence-corrected chi connectivity index (χ2v) is 5.89. The van der Waals surface area contributed by atoms with Crippen molar-refractivity contribution in [3.63, 3.8) is 0 Å². The van der Waals surface area contributed by atoms with Crippen molar-refractivity contribution >= 4 is 12.0 Å². The summed E-state index contributed by atoms with van der Waals surface area (Å²) in [4.78, 5) is 32.0. The van der Waals surface area contributed by atoms with Crippen molar-refractivity contribution in [1.29, 1.82) is 0 Å². The van der Waals surface area contributed by atoms with Crippen LogP contribution in [0.15, 0.2) is 42.7 Å². The van der Waals surface area contributed by atoms with E-state index in [1.54, 1.807) is 0 Å². The number of nitrogens with one attached hydrogen (secondary N) is 1. The van der Waals surface area contributed by atoms with Gasteiger partial charge < -0.3 is 9.64 Å². The lowest BCUT2D eigenvalue weighted by molar-refractivity contribution is -0.187. The van der Waals surface area contributed by atoms with Gasteiger partial charge in [-0.15, -0.1) is 0 Å². The number of amides is 2. The fourth-order valence-corrected chi connectivity index (χ4v) is 2.56. The van der Waals surface area contributed by atoms with Crippen LogP contribution < -0.4 is 10.2 Å².